The van der Waals surface area contributed by atoms with Gasteiger partial charge in [-0.05, 0) is 24.1 Å². The number of amides is 1. The van der Waals surface area contributed by atoms with Gasteiger partial charge in [0.1, 0.15) is 12.4 Å². The molecule has 0 spiro atoms. The Bertz CT molecular complexity index is 425. The summed E-state index contributed by atoms with van der Waals surface area (Å²) in [4.78, 5) is 15.4. The van der Waals surface area contributed by atoms with Gasteiger partial charge in [0, 0.05) is 32.7 Å². The van der Waals surface area contributed by atoms with Crippen molar-refractivity contribution in [2.24, 2.45) is 0 Å². The molecule has 1 N–H and O–H groups in total. The molecule has 0 aliphatic carbocycles. The van der Waals surface area contributed by atoms with Crippen LogP contribution >= 0.6 is 0 Å². The molecule has 0 aromatic heterocycles. The zero-order valence-electron chi connectivity index (χ0n) is 11.9. The first kappa shape index (κ1) is 14.8. The predicted octanol–water partition coefficient (Wildman–Crippen LogP) is 0.374. The molecule has 0 bridgehead atoms. The van der Waals surface area contributed by atoms with Crippen molar-refractivity contribution in [3.63, 3.8) is 0 Å². The van der Waals surface area contributed by atoms with Crippen molar-refractivity contribution in [1.82, 2.24) is 9.80 Å². The Morgan fingerprint density at radius 3 is 2.40 bits per heavy atom. The van der Waals surface area contributed by atoms with Crippen molar-refractivity contribution in [3.8, 4) is 5.75 Å². The first-order chi connectivity index (χ1) is 9.72. The van der Waals surface area contributed by atoms with Gasteiger partial charge in [-0.25, -0.2) is 0 Å². The predicted molar refractivity (Wildman–Crippen MR) is 76.8 cm³/mol. The lowest BCUT2D eigenvalue weighted by atomic mass is 10.1. The van der Waals surface area contributed by atoms with Gasteiger partial charge >= 0.3 is 0 Å². The van der Waals surface area contributed by atoms with Crippen LogP contribution in [0, 0.1) is 0 Å². The minimum absolute atomic E-state index is 0.167. The first-order valence-corrected chi connectivity index (χ1v) is 6.97. The SMILES string of the molecule is COc1ccc(CCN2CCN(C(=O)CO)CC2)cc1. The van der Waals surface area contributed by atoms with Gasteiger partial charge in [0.15, 0.2) is 0 Å². The van der Waals surface area contributed by atoms with Crippen LogP contribution in [-0.2, 0) is 11.2 Å². The van der Waals surface area contributed by atoms with Crippen LogP contribution in [-0.4, -0.2) is 67.3 Å². The second-order valence-corrected chi connectivity index (χ2v) is 4.98. The Morgan fingerprint density at radius 2 is 1.85 bits per heavy atom. The molecule has 0 radical (unpaired) electrons. The fourth-order valence-corrected chi connectivity index (χ4v) is 2.40. The molecule has 1 fully saturated rings. The molecule has 0 saturated carbocycles. The van der Waals surface area contributed by atoms with E-state index < -0.39 is 0 Å². The molecule has 0 atom stereocenters. The van der Waals surface area contributed by atoms with Crippen LogP contribution in [0.25, 0.3) is 0 Å². The molecule has 20 heavy (non-hydrogen) atoms. The summed E-state index contributed by atoms with van der Waals surface area (Å²) in [5.41, 5.74) is 1.29. The van der Waals surface area contributed by atoms with E-state index in [4.69, 9.17) is 9.84 Å². The van der Waals surface area contributed by atoms with Gasteiger partial charge in [0.05, 0.1) is 7.11 Å². The molecule has 5 heteroatoms. The zero-order valence-corrected chi connectivity index (χ0v) is 11.9. The lowest BCUT2D eigenvalue weighted by molar-refractivity contribution is -0.135. The fourth-order valence-electron chi connectivity index (χ4n) is 2.40. The number of hydrogen-bond donors (Lipinski definition) is 1. The Balaban J connectivity index is 1.74. The van der Waals surface area contributed by atoms with Crippen molar-refractivity contribution in [2.45, 2.75) is 6.42 Å². The number of carbonyl (C=O) groups is 1. The molecule has 1 amide bonds. The standard InChI is InChI=1S/C15H22N2O3/c1-20-14-4-2-13(3-5-14)6-7-16-8-10-17(11-9-16)15(19)12-18/h2-5,18H,6-12H2,1H3. The molecular weight excluding hydrogens is 256 g/mol. The van der Waals surface area contributed by atoms with Crippen LogP contribution in [0.4, 0.5) is 0 Å². The molecule has 1 aliphatic heterocycles. The summed E-state index contributed by atoms with van der Waals surface area (Å²) in [5, 5.41) is 8.83. The molecule has 1 aromatic carbocycles. The maximum absolute atomic E-state index is 11.4. The third-order valence-electron chi connectivity index (χ3n) is 3.74. The monoisotopic (exact) mass is 278 g/mol. The molecule has 1 saturated heterocycles. The molecular formula is C15H22N2O3. The highest BCUT2D eigenvalue weighted by molar-refractivity contribution is 5.77. The number of aliphatic hydroxyl groups excluding tert-OH is 1. The van der Waals surface area contributed by atoms with E-state index in [2.05, 4.69) is 17.0 Å². The van der Waals surface area contributed by atoms with Crippen molar-refractivity contribution in [1.29, 1.82) is 0 Å². The second kappa shape index (κ2) is 7.26. The molecule has 0 unspecified atom stereocenters. The van der Waals surface area contributed by atoms with Gasteiger partial charge in [-0.15, -0.1) is 0 Å². The Kier molecular flexibility index (Phi) is 5.38. The van der Waals surface area contributed by atoms with Crippen LogP contribution in [0.1, 0.15) is 5.56 Å². The minimum atomic E-state index is -0.383. The highest BCUT2D eigenvalue weighted by atomic mass is 16.5. The highest BCUT2D eigenvalue weighted by Gasteiger charge is 2.19. The number of carbonyl (C=O) groups excluding carboxylic acids is 1. The molecule has 1 heterocycles. The average Bonchev–Trinajstić information content (AvgIpc) is 2.53. The van der Waals surface area contributed by atoms with Crippen molar-refractivity contribution >= 4 is 5.91 Å². The quantitative estimate of drug-likeness (QED) is 0.846. The Labute approximate surface area is 119 Å². The molecule has 1 aromatic rings. The molecule has 110 valence electrons. The van der Waals surface area contributed by atoms with Crippen LogP contribution in [0.2, 0.25) is 0 Å². The van der Waals surface area contributed by atoms with E-state index in [1.165, 1.54) is 5.56 Å². The van der Waals surface area contributed by atoms with E-state index in [-0.39, 0.29) is 12.5 Å². The number of rotatable bonds is 5. The molecule has 5 nitrogen and oxygen atoms in total. The zero-order chi connectivity index (χ0) is 14.4. The van der Waals surface area contributed by atoms with E-state index in [1.807, 2.05) is 12.1 Å². The van der Waals surface area contributed by atoms with Gasteiger partial charge in [0.25, 0.3) is 0 Å². The highest BCUT2D eigenvalue weighted by Crippen LogP contribution is 2.12. The average molecular weight is 278 g/mol. The number of hydrogen-bond acceptors (Lipinski definition) is 4. The van der Waals surface area contributed by atoms with Crippen LogP contribution in [0.3, 0.4) is 0 Å². The van der Waals surface area contributed by atoms with Crippen LogP contribution in [0.15, 0.2) is 24.3 Å². The summed E-state index contributed by atoms with van der Waals surface area (Å²) in [6, 6.07) is 8.13. The van der Waals surface area contributed by atoms with Crippen molar-refractivity contribution in [3.05, 3.63) is 29.8 Å². The van der Waals surface area contributed by atoms with Gasteiger partial charge in [-0.2, -0.15) is 0 Å². The maximum atomic E-state index is 11.4. The van der Waals surface area contributed by atoms with Crippen LogP contribution in [0.5, 0.6) is 5.75 Å². The van der Waals surface area contributed by atoms with Crippen molar-refractivity contribution < 1.29 is 14.6 Å². The third kappa shape index (κ3) is 3.95. The molecule has 2 rings (SSSR count). The van der Waals surface area contributed by atoms with Gasteiger partial charge in [-0.1, -0.05) is 12.1 Å². The summed E-state index contributed by atoms with van der Waals surface area (Å²) in [6.07, 6.45) is 0.998. The van der Waals surface area contributed by atoms with Crippen molar-refractivity contribution in [2.75, 3.05) is 46.4 Å². The molecule has 1 aliphatic rings. The number of benzene rings is 1. The fraction of sp³-hybridized carbons (Fsp3) is 0.533. The largest absolute Gasteiger partial charge is 0.497 e. The van der Waals surface area contributed by atoms with E-state index in [1.54, 1.807) is 12.0 Å². The lowest BCUT2D eigenvalue weighted by Crippen LogP contribution is -2.49. The second-order valence-electron chi connectivity index (χ2n) is 4.98. The normalized spacial score (nSPS) is 16.2. The van der Waals surface area contributed by atoms with Gasteiger partial charge in [0.2, 0.25) is 5.91 Å². The lowest BCUT2D eigenvalue weighted by Gasteiger charge is -2.34. The van der Waals surface area contributed by atoms with Crippen LogP contribution < -0.4 is 4.74 Å². The summed E-state index contributed by atoms with van der Waals surface area (Å²) in [6.45, 7) is 3.78. The Morgan fingerprint density at radius 1 is 1.20 bits per heavy atom. The number of piperazine rings is 1. The number of nitrogens with zero attached hydrogens (tertiary/aromatic N) is 2. The maximum Gasteiger partial charge on any atom is 0.248 e. The van der Waals surface area contributed by atoms with E-state index in [0.29, 0.717) is 13.1 Å². The summed E-state index contributed by atoms with van der Waals surface area (Å²) >= 11 is 0. The third-order valence-corrected chi connectivity index (χ3v) is 3.74. The summed E-state index contributed by atoms with van der Waals surface area (Å²) in [5.74, 6) is 0.713. The number of ether oxygens (including phenoxy) is 1. The minimum Gasteiger partial charge on any atom is -0.497 e. The number of aliphatic hydroxyl groups is 1. The number of methoxy groups -OCH3 is 1. The van der Waals surface area contributed by atoms with E-state index in [0.717, 1.165) is 31.8 Å². The summed E-state index contributed by atoms with van der Waals surface area (Å²) < 4.78 is 5.14. The topological polar surface area (TPSA) is 53.0 Å². The van der Waals surface area contributed by atoms with E-state index in [9.17, 15) is 4.79 Å². The van der Waals surface area contributed by atoms with Gasteiger partial charge < -0.3 is 14.7 Å². The Hall–Kier alpha value is -1.59. The first-order valence-electron chi connectivity index (χ1n) is 6.97. The summed E-state index contributed by atoms with van der Waals surface area (Å²) in [7, 11) is 1.67. The van der Waals surface area contributed by atoms with Gasteiger partial charge in [-0.3, -0.25) is 9.69 Å². The van der Waals surface area contributed by atoms with E-state index >= 15 is 0 Å². The smallest absolute Gasteiger partial charge is 0.248 e.